The van der Waals surface area contributed by atoms with E-state index in [4.69, 9.17) is 10.2 Å². The number of aromatic nitrogens is 1. The van der Waals surface area contributed by atoms with E-state index in [1.807, 2.05) is 6.92 Å². The molecule has 7 heteroatoms. The molecule has 0 aromatic carbocycles. The second-order valence-corrected chi connectivity index (χ2v) is 5.67. The number of hydrogen-bond donors (Lipinski definition) is 2. The molecule has 1 atom stereocenters. The predicted octanol–water partition coefficient (Wildman–Crippen LogP) is 0.00360. The van der Waals surface area contributed by atoms with Crippen LogP contribution >= 0.6 is 0 Å². The van der Waals surface area contributed by atoms with Crippen molar-refractivity contribution in [2.45, 2.75) is 32.1 Å². The minimum atomic E-state index is -3.38. The molecule has 1 heterocycles. The lowest BCUT2D eigenvalue weighted by molar-refractivity contribution is 0.451. The summed E-state index contributed by atoms with van der Waals surface area (Å²) in [5.41, 5.74) is 5.29. The fourth-order valence-electron chi connectivity index (χ4n) is 1.02. The third kappa shape index (κ3) is 3.29. The average Bonchev–Trinajstić information content (AvgIpc) is 2.73. The predicted molar refractivity (Wildman–Crippen MR) is 60.2 cm³/mol. The van der Waals surface area contributed by atoms with E-state index >= 15 is 0 Å². The molecule has 0 amide bonds. The summed E-state index contributed by atoms with van der Waals surface area (Å²) < 4.78 is 30.8. The van der Waals surface area contributed by atoms with Crippen molar-refractivity contribution in [1.29, 1.82) is 0 Å². The molecule has 0 aliphatic carbocycles. The highest BCUT2D eigenvalue weighted by atomic mass is 32.2. The van der Waals surface area contributed by atoms with Crippen LogP contribution in [-0.4, -0.2) is 25.2 Å². The van der Waals surface area contributed by atoms with Crippen LogP contribution in [0.1, 0.15) is 25.5 Å². The van der Waals surface area contributed by atoms with Crippen LogP contribution in [0.4, 0.5) is 0 Å². The van der Waals surface area contributed by atoms with Crippen LogP contribution in [0.25, 0.3) is 0 Å². The molecule has 0 aliphatic heterocycles. The number of oxazole rings is 1. The molecule has 0 saturated carbocycles. The van der Waals surface area contributed by atoms with Crippen LogP contribution in [0, 0.1) is 0 Å². The van der Waals surface area contributed by atoms with E-state index in [9.17, 15) is 8.42 Å². The molecule has 0 fully saturated rings. The number of hydrogen-bond acceptors (Lipinski definition) is 5. The number of nitrogens with one attached hydrogen (secondary N) is 1. The van der Waals surface area contributed by atoms with Gasteiger partial charge >= 0.3 is 0 Å². The van der Waals surface area contributed by atoms with Gasteiger partial charge in [-0.25, -0.2) is 18.1 Å². The average molecular weight is 247 g/mol. The Morgan fingerprint density at radius 2 is 2.31 bits per heavy atom. The molecule has 6 nitrogen and oxygen atoms in total. The Bertz CT molecular complexity index is 427. The smallest absolute Gasteiger partial charge is 0.215 e. The maximum atomic E-state index is 11.6. The highest BCUT2D eigenvalue weighted by Crippen LogP contribution is 2.05. The van der Waals surface area contributed by atoms with Gasteiger partial charge in [0.1, 0.15) is 5.76 Å². The second kappa shape index (κ2) is 5.42. The molecule has 0 spiro atoms. The summed E-state index contributed by atoms with van der Waals surface area (Å²) >= 11 is 0. The Labute approximate surface area is 95.3 Å². The molecule has 16 heavy (non-hydrogen) atoms. The Morgan fingerprint density at radius 3 is 2.81 bits per heavy atom. The van der Waals surface area contributed by atoms with Crippen LogP contribution in [0.2, 0.25) is 0 Å². The van der Waals surface area contributed by atoms with Crippen molar-refractivity contribution < 1.29 is 12.8 Å². The molecule has 1 rings (SSSR count). The fourth-order valence-corrected chi connectivity index (χ4v) is 1.89. The minimum absolute atomic E-state index is 0.0622. The highest BCUT2D eigenvalue weighted by Gasteiger charge is 2.19. The monoisotopic (exact) mass is 247 g/mol. The molecule has 1 aromatic rings. The molecular formula is C9H17N3O3S. The largest absolute Gasteiger partial charge is 0.444 e. The molecule has 0 radical (unpaired) electrons. The zero-order chi connectivity index (χ0) is 12.2. The molecule has 3 N–H and O–H groups in total. The van der Waals surface area contributed by atoms with E-state index < -0.39 is 15.3 Å². The van der Waals surface area contributed by atoms with Gasteiger partial charge in [0.15, 0.2) is 0 Å². The van der Waals surface area contributed by atoms with Gasteiger partial charge in [-0.1, -0.05) is 6.92 Å². The van der Waals surface area contributed by atoms with Gasteiger partial charge in [0, 0.05) is 13.0 Å². The maximum Gasteiger partial charge on any atom is 0.215 e. The van der Waals surface area contributed by atoms with Gasteiger partial charge in [-0.15, -0.1) is 0 Å². The number of sulfonamides is 1. The zero-order valence-corrected chi connectivity index (χ0v) is 10.3. The molecule has 1 aromatic heterocycles. The van der Waals surface area contributed by atoms with Crippen LogP contribution in [0.3, 0.4) is 0 Å². The Balaban J connectivity index is 2.57. The SMILES string of the molecule is CCc1cnc(CNS(=O)(=O)C(C)CN)o1. The number of nitrogens with zero attached hydrogens (tertiary/aromatic N) is 1. The van der Waals surface area contributed by atoms with E-state index in [0.717, 1.165) is 12.2 Å². The quantitative estimate of drug-likeness (QED) is 0.737. The van der Waals surface area contributed by atoms with Gasteiger partial charge in [0.05, 0.1) is 18.0 Å². The van der Waals surface area contributed by atoms with Crippen LogP contribution in [-0.2, 0) is 23.0 Å². The first-order valence-electron chi connectivity index (χ1n) is 5.11. The van der Waals surface area contributed by atoms with Gasteiger partial charge in [-0.05, 0) is 6.92 Å². The van der Waals surface area contributed by atoms with Gasteiger partial charge < -0.3 is 10.2 Å². The number of rotatable bonds is 6. The summed E-state index contributed by atoms with van der Waals surface area (Å²) in [6.07, 6.45) is 2.33. The first kappa shape index (κ1) is 13.1. The summed E-state index contributed by atoms with van der Waals surface area (Å²) in [7, 11) is -3.38. The van der Waals surface area contributed by atoms with E-state index in [-0.39, 0.29) is 13.1 Å². The standard InChI is InChI=1S/C9H17N3O3S/c1-3-8-5-11-9(15-8)6-12-16(13,14)7(2)4-10/h5,7,12H,3-4,6,10H2,1-2H3. The topological polar surface area (TPSA) is 98.2 Å². The molecular weight excluding hydrogens is 230 g/mol. The van der Waals surface area contributed by atoms with E-state index in [1.165, 1.54) is 0 Å². The van der Waals surface area contributed by atoms with Crippen molar-refractivity contribution >= 4 is 10.0 Å². The maximum absolute atomic E-state index is 11.6. The van der Waals surface area contributed by atoms with Crippen molar-refractivity contribution in [2.24, 2.45) is 5.73 Å². The first-order chi connectivity index (χ1) is 7.49. The van der Waals surface area contributed by atoms with Crippen molar-refractivity contribution in [3.8, 4) is 0 Å². The highest BCUT2D eigenvalue weighted by molar-refractivity contribution is 7.90. The number of aryl methyl sites for hydroxylation is 1. The van der Waals surface area contributed by atoms with Gasteiger partial charge in [-0.3, -0.25) is 0 Å². The summed E-state index contributed by atoms with van der Waals surface area (Å²) in [6, 6.07) is 0. The Hall–Kier alpha value is -0.920. The third-order valence-corrected chi connectivity index (χ3v) is 4.03. The van der Waals surface area contributed by atoms with Crippen molar-refractivity contribution in [1.82, 2.24) is 9.71 Å². The molecule has 1 unspecified atom stereocenters. The van der Waals surface area contributed by atoms with Crippen LogP contribution in [0.15, 0.2) is 10.6 Å². The lowest BCUT2D eigenvalue weighted by atomic mass is 10.4. The molecule has 92 valence electrons. The van der Waals surface area contributed by atoms with E-state index in [2.05, 4.69) is 9.71 Å². The molecule has 0 saturated heterocycles. The normalized spacial score (nSPS) is 13.9. The molecule has 0 aliphatic rings. The number of nitrogens with two attached hydrogens (primary N) is 1. The lowest BCUT2D eigenvalue weighted by Gasteiger charge is -2.10. The summed E-state index contributed by atoms with van der Waals surface area (Å²) in [6.45, 7) is 3.63. The summed E-state index contributed by atoms with van der Waals surface area (Å²) in [4.78, 5) is 3.95. The van der Waals surface area contributed by atoms with Crippen molar-refractivity contribution in [3.05, 3.63) is 17.8 Å². The Morgan fingerprint density at radius 1 is 1.62 bits per heavy atom. The summed E-state index contributed by atoms with van der Waals surface area (Å²) in [5.74, 6) is 1.10. The van der Waals surface area contributed by atoms with Gasteiger partial charge in [0.2, 0.25) is 15.9 Å². The van der Waals surface area contributed by atoms with Crippen molar-refractivity contribution in [3.63, 3.8) is 0 Å². The van der Waals surface area contributed by atoms with E-state index in [1.54, 1.807) is 13.1 Å². The fraction of sp³-hybridized carbons (Fsp3) is 0.667. The first-order valence-corrected chi connectivity index (χ1v) is 6.66. The minimum Gasteiger partial charge on any atom is -0.444 e. The van der Waals surface area contributed by atoms with E-state index in [0.29, 0.717) is 5.89 Å². The molecule has 0 bridgehead atoms. The second-order valence-electron chi connectivity index (χ2n) is 3.49. The van der Waals surface area contributed by atoms with Gasteiger partial charge in [-0.2, -0.15) is 0 Å². The van der Waals surface area contributed by atoms with Crippen LogP contribution in [0.5, 0.6) is 0 Å². The van der Waals surface area contributed by atoms with Crippen molar-refractivity contribution in [2.75, 3.05) is 6.54 Å². The van der Waals surface area contributed by atoms with Crippen LogP contribution < -0.4 is 10.5 Å². The summed E-state index contributed by atoms with van der Waals surface area (Å²) in [5, 5.41) is -0.617. The zero-order valence-electron chi connectivity index (χ0n) is 9.43. The lowest BCUT2D eigenvalue weighted by Crippen LogP contribution is -2.36. The Kier molecular flexibility index (Phi) is 4.45. The third-order valence-electron chi connectivity index (χ3n) is 2.24. The van der Waals surface area contributed by atoms with Gasteiger partial charge in [0.25, 0.3) is 0 Å².